The van der Waals surface area contributed by atoms with Crippen molar-refractivity contribution in [2.45, 2.75) is 18.4 Å². The zero-order valence-electron chi connectivity index (χ0n) is 19.1. The standard InChI is InChI=1S/C29H27BrN2O2/c1-3-15-34-29-25(30)16-19(17-27(29)33-2)18-31-21-13-11-20(12-14-21)28-24-9-6-8-22(24)23-7-4-5-10-26(23)32-28/h3-8,10-14,16-18,22,24,28,32H,1,9,15H2,2H3/t22-,24-,28-/m0/s1. The van der Waals surface area contributed by atoms with E-state index in [-0.39, 0.29) is 6.04 Å². The number of anilines is 1. The lowest BCUT2D eigenvalue weighted by molar-refractivity contribution is 0.324. The van der Waals surface area contributed by atoms with Crippen molar-refractivity contribution in [2.75, 3.05) is 19.0 Å². The highest BCUT2D eigenvalue weighted by atomic mass is 79.9. The van der Waals surface area contributed by atoms with Gasteiger partial charge in [0.15, 0.2) is 11.5 Å². The van der Waals surface area contributed by atoms with Gasteiger partial charge in [-0.05, 0) is 75.3 Å². The average molecular weight is 515 g/mol. The van der Waals surface area contributed by atoms with Crippen LogP contribution in [0.4, 0.5) is 11.4 Å². The van der Waals surface area contributed by atoms with Crippen molar-refractivity contribution in [2.24, 2.45) is 10.9 Å². The molecule has 2 aliphatic rings. The minimum Gasteiger partial charge on any atom is -0.493 e. The molecule has 3 atom stereocenters. The van der Waals surface area contributed by atoms with Crippen molar-refractivity contribution >= 4 is 33.5 Å². The molecule has 1 aliphatic carbocycles. The number of ether oxygens (including phenoxy) is 2. The van der Waals surface area contributed by atoms with Crippen molar-refractivity contribution in [1.82, 2.24) is 0 Å². The number of allylic oxidation sites excluding steroid dienone is 2. The normalized spacial score (nSPS) is 20.5. The van der Waals surface area contributed by atoms with E-state index in [1.807, 2.05) is 18.3 Å². The zero-order valence-corrected chi connectivity index (χ0v) is 20.7. The van der Waals surface area contributed by atoms with Gasteiger partial charge >= 0.3 is 0 Å². The molecule has 5 heteroatoms. The summed E-state index contributed by atoms with van der Waals surface area (Å²) in [5.74, 6) is 2.32. The largest absolute Gasteiger partial charge is 0.493 e. The van der Waals surface area contributed by atoms with Crippen molar-refractivity contribution in [3.63, 3.8) is 0 Å². The molecule has 3 aromatic rings. The molecule has 1 heterocycles. The lowest BCUT2D eigenvalue weighted by Crippen LogP contribution is -2.28. The third-order valence-corrected chi connectivity index (χ3v) is 7.07. The van der Waals surface area contributed by atoms with Gasteiger partial charge in [0.05, 0.1) is 23.3 Å². The monoisotopic (exact) mass is 514 g/mol. The van der Waals surface area contributed by atoms with Gasteiger partial charge < -0.3 is 14.8 Å². The van der Waals surface area contributed by atoms with E-state index in [1.54, 1.807) is 13.2 Å². The van der Waals surface area contributed by atoms with Gasteiger partial charge in [-0.3, -0.25) is 4.99 Å². The van der Waals surface area contributed by atoms with Crippen LogP contribution >= 0.6 is 15.9 Å². The van der Waals surface area contributed by atoms with Gasteiger partial charge in [0.2, 0.25) is 0 Å². The number of benzene rings is 3. The van der Waals surface area contributed by atoms with Gasteiger partial charge in [-0.25, -0.2) is 0 Å². The first-order valence-electron chi connectivity index (χ1n) is 11.5. The molecule has 0 saturated heterocycles. The Balaban J connectivity index is 1.34. The summed E-state index contributed by atoms with van der Waals surface area (Å²) in [5.41, 5.74) is 5.76. The third kappa shape index (κ3) is 4.40. The van der Waals surface area contributed by atoms with Crippen LogP contribution in [0.25, 0.3) is 0 Å². The van der Waals surface area contributed by atoms with E-state index < -0.39 is 0 Å². The Labute approximate surface area is 209 Å². The van der Waals surface area contributed by atoms with Crippen LogP contribution in [-0.4, -0.2) is 19.9 Å². The van der Waals surface area contributed by atoms with Crippen LogP contribution < -0.4 is 14.8 Å². The van der Waals surface area contributed by atoms with Crippen LogP contribution in [0.5, 0.6) is 11.5 Å². The smallest absolute Gasteiger partial charge is 0.175 e. The first kappa shape index (κ1) is 22.5. The Morgan fingerprint density at radius 1 is 1.15 bits per heavy atom. The van der Waals surface area contributed by atoms with Crippen LogP contribution in [0, 0.1) is 5.92 Å². The molecule has 1 aliphatic heterocycles. The number of hydrogen-bond acceptors (Lipinski definition) is 4. The maximum absolute atomic E-state index is 5.70. The summed E-state index contributed by atoms with van der Waals surface area (Å²) in [6, 6.07) is 21.4. The number of nitrogens with one attached hydrogen (secondary N) is 1. The summed E-state index contributed by atoms with van der Waals surface area (Å²) in [5, 5.41) is 3.79. The molecule has 172 valence electrons. The highest BCUT2D eigenvalue weighted by molar-refractivity contribution is 9.10. The number of hydrogen-bond donors (Lipinski definition) is 1. The van der Waals surface area contributed by atoms with E-state index in [0.29, 0.717) is 29.9 Å². The molecule has 0 amide bonds. The molecule has 0 aromatic heterocycles. The fraction of sp³-hybridized carbons (Fsp3) is 0.207. The lowest BCUT2D eigenvalue weighted by atomic mass is 9.77. The van der Waals surface area contributed by atoms with E-state index in [0.717, 1.165) is 22.1 Å². The van der Waals surface area contributed by atoms with Crippen LogP contribution in [0.3, 0.4) is 0 Å². The Hall–Kier alpha value is -3.31. The highest BCUT2D eigenvalue weighted by Gasteiger charge is 2.37. The summed E-state index contributed by atoms with van der Waals surface area (Å²) < 4.78 is 12.0. The number of para-hydroxylation sites is 1. The van der Waals surface area contributed by atoms with Crippen LogP contribution in [-0.2, 0) is 0 Å². The number of halogens is 1. The highest BCUT2D eigenvalue weighted by Crippen LogP contribution is 2.49. The van der Waals surface area contributed by atoms with Crippen molar-refractivity contribution < 1.29 is 9.47 Å². The molecule has 0 fully saturated rings. The molecule has 4 nitrogen and oxygen atoms in total. The summed E-state index contributed by atoms with van der Waals surface area (Å²) >= 11 is 3.57. The van der Waals surface area contributed by atoms with Crippen molar-refractivity contribution in [3.8, 4) is 11.5 Å². The number of nitrogens with zero attached hydrogens (tertiary/aromatic N) is 1. The van der Waals surface area contributed by atoms with Gasteiger partial charge in [0.25, 0.3) is 0 Å². The first-order valence-corrected chi connectivity index (χ1v) is 12.2. The predicted molar refractivity (Wildman–Crippen MR) is 143 cm³/mol. The summed E-state index contributed by atoms with van der Waals surface area (Å²) in [4.78, 5) is 4.68. The van der Waals surface area contributed by atoms with E-state index in [4.69, 9.17) is 9.47 Å². The molecule has 5 rings (SSSR count). The van der Waals surface area contributed by atoms with Gasteiger partial charge in [-0.1, -0.05) is 55.1 Å². The quantitative estimate of drug-likeness (QED) is 0.260. The molecule has 0 unspecified atom stereocenters. The number of methoxy groups -OCH3 is 1. The molecule has 34 heavy (non-hydrogen) atoms. The SMILES string of the molecule is C=CCOc1c(Br)cc(C=Nc2ccc([C@@H]3Nc4ccccc4[C@@H]4C=CC[C@@H]43)cc2)cc1OC. The van der Waals surface area contributed by atoms with E-state index >= 15 is 0 Å². The molecule has 1 N–H and O–H groups in total. The Morgan fingerprint density at radius 3 is 2.76 bits per heavy atom. The van der Waals surface area contributed by atoms with Crippen molar-refractivity contribution in [1.29, 1.82) is 0 Å². The van der Waals surface area contributed by atoms with Crippen molar-refractivity contribution in [3.05, 3.63) is 107 Å². The second-order valence-electron chi connectivity index (χ2n) is 8.55. The van der Waals surface area contributed by atoms with Crippen LogP contribution in [0.2, 0.25) is 0 Å². The topological polar surface area (TPSA) is 42.8 Å². The van der Waals surface area contributed by atoms with Crippen LogP contribution in [0.1, 0.15) is 35.1 Å². The lowest BCUT2D eigenvalue weighted by Gasteiger charge is -2.37. The van der Waals surface area contributed by atoms with E-state index in [9.17, 15) is 0 Å². The zero-order chi connectivity index (χ0) is 23.5. The molecule has 0 bridgehead atoms. The Bertz CT molecular complexity index is 1250. The van der Waals surface area contributed by atoms with Gasteiger partial charge in [0.1, 0.15) is 6.61 Å². The second-order valence-corrected chi connectivity index (χ2v) is 9.40. The first-order chi connectivity index (χ1) is 16.7. The Kier molecular flexibility index (Phi) is 6.54. The van der Waals surface area contributed by atoms with Gasteiger partial charge in [-0.15, -0.1) is 0 Å². The summed E-state index contributed by atoms with van der Waals surface area (Å²) in [6.07, 6.45) is 9.34. The average Bonchev–Trinajstić information content (AvgIpc) is 3.37. The van der Waals surface area contributed by atoms with Crippen LogP contribution in [0.15, 0.2) is 94.9 Å². The molecular formula is C29H27BrN2O2. The minimum absolute atomic E-state index is 0.288. The summed E-state index contributed by atoms with van der Waals surface area (Å²) in [7, 11) is 1.63. The molecule has 3 aromatic carbocycles. The minimum atomic E-state index is 0.288. The van der Waals surface area contributed by atoms with Gasteiger partial charge in [-0.2, -0.15) is 0 Å². The van der Waals surface area contributed by atoms with E-state index in [1.165, 1.54) is 16.8 Å². The fourth-order valence-corrected chi connectivity index (χ4v) is 5.46. The third-order valence-electron chi connectivity index (χ3n) is 6.48. The molecule has 0 spiro atoms. The van der Waals surface area contributed by atoms with Gasteiger partial charge in [0, 0.05) is 17.8 Å². The second kappa shape index (κ2) is 9.90. The predicted octanol–water partition coefficient (Wildman–Crippen LogP) is 7.60. The molecule has 0 radical (unpaired) electrons. The summed E-state index contributed by atoms with van der Waals surface area (Å²) in [6.45, 7) is 4.10. The maximum Gasteiger partial charge on any atom is 0.175 e. The number of rotatable bonds is 7. The Morgan fingerprint density at radius 2 is 1.97 bits per heavy atom. The molecular weight excluding hydrogens is 488 g/mol. The maximum atomic E-state index is 5.70. The van der Waals surface area contributed by atoms with E-state index in [2.05, 4.69) is 93.5 Å². The molecule has 0 saturated carbocycles. The fourth-order valence-electron chi connectivity index (χ4n) is 4.89. The number of fused-ring (bicyclic) bond motifs is 3. The number of aliphatic imine (C=N–C) groups is 1.